The van der Waals surface area contributed by atoms with E-state index in [1.165, 1.54) is 0 Å². The van der Waals surface area contributed by atoms with Gasteiger partial charge in [0.05, 0.1) is 5.41 Å². The number of likely N-dealkylation sites (tertiary alicyclic amines) is 1. The largest absolute Gasteiger partial charge is 0.404 e. The summed E-state index contributed by atoms with van der Waals surface area (Å²) in [6.07, 6.45) is -8.91. The molecule has 3 fully saturated rings. The van der Waals surface area contributed by atoms with Crippen molar-refractivity contribution in [3.63, 3.8) is 0 Å². The number of carbonyl (C=O) groups is 1. The molecule has 0 spiro atoms. The van der Waals surface area contributed by atoms with Gasteiger partial charge in [0, 0.05) is 19.6 Å². The van der Waals surface area contributed by atoms with Crippen molar-refractivity contribution in [1.82, 2.24) is 10.2 Å². The van der Waals surface area contributed by atoms with Gasteiger partial charge in [-0.05, 0) is 31.7 Å². The quantitative estimate of drug-likeness (QED) is 0.690. The van der Waals surface area contributed by atoms with E-state index in [4.69, 9.17) is 0 Å². The van der Waals surface area contributed by atoms with Crippen LogP contribution in [0.3, 0.4) is 0 Å². The Kier molecular flexibility index (Phi) is 5.34. The van der Waals surface area contributed by atoms with Gasteiger partial charge in [-0.25, -0.2) is 0 Å². The van der Waals surface area contributed by atoms with Crippen LogP contribution in [0.5, 0.6) is 0 Å². The fraction of sp³-hybridized carbons (Fsp3) is 0.933. The summed E-state index contributed by atoms with van der Waals surface area (Å²) in [6, 6.07) is 0. The third kappa shape index (κ3) is 3.01. The molecule has 1 N–H and O–H groups in total. The van der Waals surface area contributed by atoms with E-state index in [0.717, 1.165) is 24.2 Å². The van der Waals surface area contributed by atoms with E-state index < -0.39 is 48.6 Å². The zero-order valence-corrected chi connectivity index (χ0v) is 14.3. The Morgan fingerprint density at radius 3 is 2.24 bits per heavy atom. The van der Waals surface area contributed by atoms with Crippen LogP contribution in [-0.4, -0.2) is 49.3 Å². The number of hydrogen-bond donors (Lipinski definition) is 1. The monoisotopic (exact) mass is 394 g/mol. The molecule has 2 heterocycles. The predicted molar refractivity (Wildman–Crippen MR) is 80.2 cm³/mol. The molecule has 3 aliphatic rings. The normalized spacial score (nSPS) is 32.2. The number of fused-ring (bicyclic) bond motifs is 1. The molecule has 2 aliphatic heterocycles. The molecule has 0 bridgehead atoms. The number of amides is 1. The summed E-state index contributed by atoms with van der Waals surface area (Å²) in [5.41, 5.74) is -4.63. The molecule has 1 aliphatic carbocycles. The van der Waals surface area contributed by atoms with Crippen LogP contribution in [0.15, 0.2) is 0 Å². The molecule has 2 atom stereocenters. The highest BCUT2D eigenvalue weighted by Crippen LogP contribution is 2.56. The second kappa shape index (κ2) is 6.48. The number of carbonyl (C=O) groups excluding carboxylic acids is 1. The van der Waals surface area contributed by atoms with Gasteiger partial charge in [-0.15, -0.1) is 12.4 Å². The van der Waals surface area contributed by atoms with Crippen LogP contribution in [0.1, 0.15) is 32.1 Å². The van der Waals surface area contributed by atoms with Gasteiger partial charge in [-0.1, -0.05) is 12.8 Å². The lowest BCUT2D eigenvalue weighted by atomic mass is 9.67. The van der Waals surface area contributed by atoms with Crippen molar-refractivity contribution in [2.75, 3.05) is 26.2 Å². The van der Waals surface area contributed by atoms with Gasteiger partial charge in [0.25, 0.3) is 0 Å². The molecule has 0 aromatic heterocycles. The third-order valence-corrected chi connectivity index (χ3v) is 6.11. The van der Waals surface area contributed by atoms with Crippen molar-refractivity contribution in [2.24, 2.45) is 16.7 Å². The van der Waals surface area contributed by atoms with Crippen LogP contribution in [-0.2, 0) is 4.79 Å². The summed E-state index contributed by atoms with van der Waals surface area (Å²) >= 11 is 0. The molecule has 3 nitrogen and oxygen atoms in total. The van der Waals surface area contributed by atoms with E-state index in [1.807, 2.05) is 0 Å². The SMILES string of the molecule is Cl.O=C(N1CCC(C(F)(F)F)(C(F)(F)F)C1)[C@@]12CCCC[C@H]1CNC2. The first-order valence-corrected chi connectivity index (χ1v) is 8.17. The first-order chi connectivity index (χ1) is 11.0. The zero-order chi connectivity index (χ0) is 17.8. The number of nitrogens with zero attached hydrogens (tertiary/aromatic N) is 1. The number of nitrogens with one attached hydrogen (secondary N) is 1. The second-order valence-corrected chi connectivity index (χ2v) is 7.28. The summed E-state index contributed by atoms with van der Waals surface area (Å²) in [5, 5.41) is 3.10. The fourth-order valence-electron chi connectivity index (χ4n) is 4.59. The molecular weight excluding hydrogens is 374 g/mol. The maximum absolute atomic E-state index is 13.2. The molecule has 1 saturated carbocycles. The van der Waals surface area contributed by atoms with Crippen molar-refractivity contribution < 1.29 is 31.1 Å². The average Bonchev–Trinajstić information content (AvgIpc) is 3.11. The minimum absolute atomic E-state index is 0. The smallest absolute Gasteiger partial charge is 0.341 e. The van der Waals surface area contributed by atoms with Crippen LogP contribution in [0, 0.1) is 16.7 Å². The van der Waals surface area contributed by atoms with Gasteiger partial charge in [-0.3, -0.25) is 4.79 Å². The Hall–Kier alpha value is -0.700. The van der Waals surface area contributed by atoms with E-state index in [9.17, 15) is 31.1 Å². The topological polar surface area (TPSA) is 32.3 Å². The lowest BCUT2D eigenvalue weighted by molar-refractivity contribution is -0.335. The fourth-order valence-corrected chi connectivity index (χ4v) is 4.59. The standard InChI is InChI=1S/C15H20F6N2O.ClH/c16-14(17,18)13(15(19,20)21)5-6-23(9-13)11(24)12-4-2-1-3-10(12)7-22-8-12;/h10,22H,1-9H2;1H/t10-,12+;/m0./s1. The summed E-state index contributed by atoms with van der Waals surface area (Å²) in [5.74, 6) is -0.530. The van der Waals surface area contributed by atoms with Gasteiger partial charge in [0.15, 0.2) is 5.41 Å². The van der Waals surface area contributed by atoms with Crippen LogP contribution in [0.4, 0.5) is 26.3 Å². The highest BCUT2D eigenvalue weighted by Gasteiger charge is 2.73. The van der Waals surface area contributed by atoms with Crippen LogP contribution in [0.25, 0.3) is 0 Å². The lowest BCUT2D eigenvalue weighted by Gasteiger charge is -2.40. The summed E-state index contributed by atoms with van der Waals surface area (Å²) in [7, 11) is 0. The average molecular weight is 395 g/mol. The summed E-state index contributed by atoms with van der Waals surface area (Å²) in [6.45, 7) is -0.860. The Balaban J connectivity index is 0.00000225. The summed E-state index contributed by atoms with van der Waals surface area (Å²) < 4.78 is 79.1. The lowest BCUT2D eigenvalue weighted by Crippen LogP contribution is -2.54. The van der Waals surface area contributed by atoms with E-state index >= 15 is 0 Å². The van der Waals surface area contributed by atoms with E-state index in [2.05, 4.69) is 5.32 Å². The number of alkyl halides is 6. The molecular formula is C15H21ClF6N2O. The molecule has 10 heteroatoms. The molecule has 25 heavy (non-hydrogen) atoms. The Bertz CT molecular complexity index is 509. The van der Waals surface area contributed by atoms with Crippen molar-refractivity contribution in [2.45, 2.75) is 44.5 Å². The highest BCUT2D eigenvalue weighted by molar-refractivity contribution is 5.85. The highest BCUT2D eigenvalue weighted by atomic mass is 35.5. The first-order valence-electron chi connectivity index (χ1n) is 8.17. The van der Waals surface area contributed by atoms with Crippen molar-refractivity contribution >= 4 is 18.3 Å². The van der Waals surface area contributed by atoms with Crippen molar-refractivity contribution in [3.8, 4) is 0 Å². The van der Waals surface area contributed by atoms with Crippen LogP contribution in [0.2, 0.25) is 0 Å². The van der Waals surface area contributed by atoms with Gasteiger partial charge in [0.2, 0.25) is 5.91 Å². The molecule has 0 radical (unpaired) electrons. The molecule has 1 amide bonds. The van der Waals surface area contributed by atoms with Gasteiger partial charge < -0.3 is 10.2 Å². The van der Waals surface area contributed by atoms with E-state index in [-0.39, 0.29) is 18.3 Å². The predicted octanol–water partition coefficient (Wildman–Crippen LogP) is 3.53. The molecule has 0 aromatic carbocycles. The third-order valence-electron chi connectivity index (χ3n) is 6.11. The Morgan fingerprint density at radius 2 is 1.68 bits per heavy atom. The number of hydrogen-bond acceptors (Lipinski definition) is 2. The number of rotatable bonds is 1. The van der Waals surface area contributed by atoms with Gasteiger partial charge in [0.1, 0.15) is 0 Å². The Labute approximate surface area is 147 Å². The molecule has 146 valence electrons. The van der Waals surface area contributed by atoms with E-state index in [1.54, 1.807) is 0 Å². The van der Waals surface area contributed by atoms with E-state index in [0.29, 0.717) is 19.5 Å². The van der Waals surface area contributed by atoms with Gasteiger partial charge >= 0.3 is 12.4 Å². The minimum Gasteiger partial charge on any atom is -0.341 e. The molecule has 2 saturated heterocycles. The Morgan fingerprint density at radius 1 is 1.04 bits per heavy atom. The zero-order valence-electron chi connectivity index (χ0n) is 13.5. The second-order valence-electron chi connectivity index (χ2n) is 7.28. The van der Waals surface area contributed by atoms with Crippen LogP contribution < -0.4 is 5.32 Å². The van der Waals surface area contributed by atoms with Crippen LogP contribution >= 0.6 is 12.4 Å². The number of halogens is 7. The molecule has 0 aromatic rings. The van der Waals surface area contributed by atoms with Crippen molar-refractivity contribution in [3.05, 3.63) is 0 Å². The minimum atomic E-state index is -5.42. The maximum Gasteiger partial charge on any atom is 0.404 e. The van der Waals surface area contributed by atoms with Gasteiger partial charge in [-0.2, -0.15) is 26.3 Å². The van der Waals surface area contributed by atoms with Crippen molar-refractivity contribution in [1.29, 1.82) is 0 Å². The first kappa shape index (κ1) is 20.6. The molecule has 0 unspecified atom stereocenters. The summed E-state index contributed by atoms with van der Waals surface area (Å²) in [4.78, 5) is 13.7. The maximum atomic E-state index is 13.2. The molecule has 3 rings (SSSR count).